The number of rotatable bonds is 4. The smallest absolute Gasteiger partial charge is 0.297 e. The highest BCUT2D eigenvalue weighted by Gasteiger charge is 2.11. The highest BCUT2D eigenvalue weighted by Crippen LogP contribution is 2.16. The summed E-state index contributed by atoms with van der Waals surface area (Å²) in [6.45, 7) is 4.39. The van der Waals surface area contributed by atoms with Crippen molar-refractivity contribution in [3.05, 3.63) is 18.1 Å². The molecule has 0 aromatic carbocycles. The van der Waals surface area contributed by atoms with E-state index in [-0.39, 0.29) is 5.88 Å². The summed E-state index contributed by atoms with van der Waals surface area (Å²) in [6, 6.07) is 1.47. The minimum atomic E-state index is -2.66. The largest absolute Gasteiger partial charge is 0.477 e. The summed E-state index contributed by atoms with van der Waals surface area (Å²) in [6.07, 6.45) is -1.39. The predicted molar refractivity (Wildman–Crippen MR) is 47.3 cm³/mol. The van der Waals surface area contributed by atoms with Crippen LogP contribution >= 0.6 is 0 Å². The van der Waals surface area contributed by atoms with E-state index in [4.69, 9.17) is 4.74 Å². The first-order chi connectivity index (χ1) is 6.59. The molecular weight excluding hydrogens is 190 g/mol. The van der Waals surface area contributed by atoms with E-state index in [2.05, 4.69) is 9.97 Å². The lowest BCUT2D eigenvalue weighted by Crippen LogP contribution is -2.07. The second-order valence-electron chi connectivity index (χ2n) is 3.26. The molecular formula is C9H12F2N2O. The van der Waals surface area contributed by atoms with Gasteiger partial charge in [-0.25, -0.2) is 13.8 Å². The Morgan fingerprint density at radius 1 is 1.43 bits per heavy atom. The zero-order valence-electron chi connectivity index (χ0n) is 8.08. The Bertz CT molecular complexity index is 292. The molecule has 1 heterocycles. The van der Waals surface area contributed by atoms with Gasteiger partial charge in [0.05, 0.1) is 6.61 Å². The SMILES string of the molecule is CC(C)COc1ccnc(C(F)F)n1. The second-order valence-corrected chi connectivity index (χ2v) is 3.26. The van der Waals surface area contributed by atoms with Crippen molar-refractivity contribution in [1.29, 1.82) is 0 Å². The van der Waals surface area contributed by atoms with Crippen molar-refractivity contribution < 1.29 is 13.5 Å². The highest BCUT2D eigenvalue weighted by atomic mass is 19.3. The van der Waals surface area contributed by atoms with Crippen LogP contribution in [0.5, 0.6) is 5.88 Å². The van der Waals surface area contributed by atoms with Crippen LogP contribution in [0.15, 0.2) is 12.3 Å². The molecule has 1 rings (SSSR count). The third kappa shape index (κ3) is 3.24. The lowest BCUT2D eigenvalue weighted by Gasteiger charge is -2.07. The number of aromatic nitrogens is 2. The summed E-state index contributed by atoms with van der Waals surface area (Å²) >= 11 is 0. The summed E-state index contributed by atoms with van der Waals surface area (Å²) in [7, 11) is 0. The van der Waals surface area contributed by atoms with Crippen LogP contribution < -0.4 is 4.74 Å². The number of hydrogen-bond acceptors (Lipinski definition) is 3. The first-order valence-electron chi connectivity index (χ1n) is 4.33. The highest BCUT2D eigenvalue weighted by molar-refractivity contribution is 5.08. The van der Waals surface area contributed by atoms with E-state index in [1.165, 1.54) is 12.3 Å². The summed E-state index contributed by atoms with van der Waals surface area (Å²) in [5.74, 6) is 0.0372. The number of halogens is 2. The van der Waals surface area contributed by atoms with Crippen LogP contribution in [0.1, 0.15) is 26.1 Å². The van der Waals surface area contributed by atoms with Crippen molar-refractivity contribution in [2.45, 2.75) is 20.3 Å². The van der Waals surface area contributed by atoms with Gasteiger partial charge in [0.1, 0.15) is 0 Å². The maximum Gasteiger partial charge on any atom is 0.297 e. The molecule has 1 aromatic heterocycles. The van der Waals surface area contributed by atoms with Crippen molar-refractivity contribution in [2.75, 3.05) is 6.61 Å². The Kier molecular flexibility index (Phi) is 3.73. The molecule has 14 heavy (non-hydrogen) atoms. The van der Waals surface area contributed by atoms with Gasteiger partial charge in [0, 0.05) is 12.3 Å². The van der Waals surface area contributed by atoms with Crippen molar-refractivity contribution in [2.24, 2.45) is 5.92 Å². The van der Waals surface area contributed by atoms with Gasteiger partial charge in [-0.15, -0.1) is 0 Å². The maximum atomic E-state index is 12.2. The second kappa shape index (κ2) is 4.83. The fraction of sp³-hybridized carbons (Fsp3) is 0.556. The molecule has 0 unspecified atom stereocenters. The standard InChI is InChI=1S/C9H12F2N2O/c1-6(2)5-14-7-3-4-12-9(13-7)8(10)11/h3-4,6,8H,5H2,1-2H3. The molecule has 1 aromatic rings. The van der Waals surface area contributed by atoms with Crippen molar-refractivity contribution in [3.8, 4) is 5.88 Å². The molecule has 78 valence electrons. The number of nitrogens with zero attached hydrogens (tertiary/aromatic N) is 2. The Morgan fingerprint density at radius 3 is 2.71 bits per heavy atom. The molecule has 0 radical (unpaired) electrons. The molecule has 0 saturated heterocycles. The van der Waals surface area contributed by atoms with Crippen LogP contribution in [0.4, 0.5) is 8.78 Å². The average Bonchev–Trinajstić information content (AvgIpc) is 2.15. The van der Waals surface area contributed by atoms with E-state index in [9.17, 15) is 8.78 Å². The minimum absolute atomic E-state index is 0.198. The zero-order chi connectivity index (χ0) is 10.6. The van der Waals surface area contributed by atoms with E-state index in [0.29, 0.717) is 12.5 Å². The van der Waals surface area contributed by atoms with E-state index in [0.717, 1.165) is 0 Å². The molecule has 0 amide bonds. The van der Waals surface area contributed by atoms with Crippen LogP contribution in [-0.4, -0.2) is 16.6 Å². The van der Waals surface area contributed by atoms with E-state index in [1.807, 2.05) is 13.8 Å². The van der Waals surface area contributed by atoms with Gasteiger partial charge in [-0.1, -0.05) is 13.8 Å². The molecule has 5 heteroatoms. The molecule has 0 spiro atoms. The lowest BCUT2D eigenvalue weighted by molar-refractivity contribution is 0.138. The Balaban J connectivity index is 2.64. The molecule has 0 aliphatic rings. The molecule has 0 atom stereocenters. The van der Waals surface area contributed by atoms with Crippen molar-refractivity contribution in [3.63, 3.8) is 0 Å². The van der Waals surface area contributed by atoms with Gasteiger partial charge >= 0.3 is 0 Å². The third-order valence-electron chi connectivity index (χ3n) is 1.41. The molecule has 3 nitrogen and oxygen atoms in total. The molecule has 0 aliphatic carbocycles. The van der Waals surface area contributed by atoms with E-state index in [1.54, 1.807) is 0 Å². The fourth-order valence-corrected chi connectivity index (χ4v) is 0.794. The Hall–Kier alpha value is -1.26. The topological polar surface area (TPSA) is 35.0 Å². The Morgan fingerprint density at radius 2 is 2.14 bits per heavy atom. The third-order valence-corrected chi connectivity index (χ3v) is 1.41. The molecule has 0 saturated carbocycles. The maximum absolute atomic E-state index is 12.2. The first-order valence-corrected chi connectivity index (χ1v) is 4.33. The van der Waals surface area contributed by atoms with Gasteiger partial charge in [-0.05, 0) is 5.92 Å². The first kappa shape index (κ1) is 10.8. The van der Waals surface area contributed by atoms with Crippen LogP contribution in [0.3, 0.4) is 0 Å². The monoisotopic (exact) mass is 202 g/mol. The van der Waals surface area contributed by atoms with Crippen LogP contribution in [0, 0.1) is 5.92 Å². The summed E-state index contributed by atoms with van der Waals surface area (Å²) in [5.41, 5.74) is 0. The van der Waals surface area contributed by atoms with Gasteiger partial charge in [0.25, 0.3) is 6.43 Å². The van der Waals surface area contributed by atoms with Crippen LogP contribution in [0.2, 0.25) is 0 Å². The number of ether oxygens (including phenoxy) is 1. The number of alkyl halides is 2. The van der Waals surface area contributed by atoms with Gasteiger partial charge in [0.15, 0.2) is 5.82 Å². The lowest BCUT2D eigenvalue weighted by atomic mass is 10.2. The molecule has 0 fully saturated rings. The average molecular weight is 202 g/mol. The minimum Gasteiger partial charge on any atom is -0.477 e. The van der Waals surface area contributed by atoms with Gasteiger partial charge in [-0.2, -0.15) is 4.98 Å². The van der Waals surface area contributed by atoms with Gasteiger partial charge < -0.3 is 4.74 Å². The number of hydrogen-bond donors (Lipinski definition) is 0. The normalized spacial score (nSPS) is 11.0. The molecule has 0 bridgehead atoms. The van der Waals surface area contributed by atoms with Crippen molar-refractivity contribution >= 4 is 0 Å². The Labute approximate surface area is 81.1 Å². The predicted octanol–water partition coefficient (Wildman–Crippen LogP) is 2.45. The summed E-state index contributed by atoms with van der Waals surface area (Å²) < 4.78 is 29.5. The van der Waals surface area contributed by atoms with E-state index >= 15 is 0 Å². The fourth-order valence-electron chi connectivity index (χ4n) is 0.794. The summed E-state index contributed by atoms with van der Waals surface area (Å²) in [5, 5.41) is 0. The quantitative estimate of drug-likeness (QED) is 0.752. The van der Waals surface area contributed by atoms with Gasteiger partial charge in [-0.3, -0.25) is 0 Å². The summed E-state index contributed by atoms with van der Waals surface area (Å²) in [4.78, 5) is 6.99. The van der Waals surface area contributed by atoms with Gasteiger partial charge in [0.2, 0.25) is 5.88 Å². The van der Waals surface area contributed by atoms with Crippen LogP contribution in [-0.2, 0) is 0 Å². The molecule has 0 N–H and O–H groups in total. The molecule has 0 aliphatic heterocycles. The van der Waals surface area contributed by atoms with E-state index < -0.39 is 12.2 Å². The van der Waals surface area contributed by atoms with Crippen LogP contribution in [0.25, 0.3) is 0 Å². The van der Waals surface area contributed by atoms with Crippen molar-refractivity contribution in [1.82, 2.24) is 9.97 Å². The zero-order valence-corrected chi connectivity index (χ0v) is 8.08.